The van der Waals surface area contributed by atoms with Gasteiger partial charge in [0.15, 0.2) is 0 Å². The molecule has 4 rings (SSSR count). The number of aryl methyl sites for hydroxylation is 1. The Bertz CT molecular complexity index is 947. The highest BCUT2D eigenvalue weighted by molar-refractivity contribution is 5.95. The average Bonchev–Trinajstić information content (AvgIpc) is 3.41. The smallest absolute Gasteiger partial charge is 0.253 e. The Balaban J connectivity index is 1.48. The van der Waals surface area contributed by atoms with E-state index in [-0.39, 0.29) is 18.6 Å². The van der Waals surface area contributed by atoms with E-state index in [0.717, 1.165) is 35.7 Å². The lowest BCUT2D eigenvalue weighted by Crippen LogP contribution is -2.54. The van der Waals surface area contributed by atoms with E-state index in [1.165, 1.54) is 0 Å². The minimum absolute atomic E-state index is 0.0148. The summed E-state index contributed by atoms with van der Waals surface area (Å²) >= 11 is 0. The number of carbonyl (C=O) groups is 1. The van der Waals surface area contributed by atoms with Gasteiger partial charge < -0.3 is 18.8 Å². The molecule has 1 amide bonds. The van der Waals surface area contributed by atoms with Crippen LogP contribution in [0, 0.1) is 6.92 Å². The van der Waals surface area contributed by atoms with Crippen LogP contribution in [0.1, 0.15) is 28.1 Å². The van der Waals surface area contributed by atoms with E-state index in [1.54, 1.807) is 12.5 Å². The van der Waals surface area contributed by atoms with Gasteiger partial charge in [0.05, 0.1) is 12.5 Å². The molecular weight excluding hydrogens is 368 g/mol. The number of aliphatic hydroxyl groups is 1. The van der Waals surface area contributed by atoms with Gasteiger partial charge in [-0.3, -0.25) is 9.69 Å². The molecule has 0 saturated carbocycles. The first-order valence-electron chi connectivity index (χ1n) is 9.96. The van der Waals surface area contributed by atoms with E-state index in [0.29, 0.717) is 25.1 Å². The van der Waals surface area contributed by atoms with Crippen LogP contribution in [0.15, 0.2) is 63.8 Å². The van der Waals surface area contributed by atoms with Gasteiger partial charge in [-0.05, 0) is 43.7 Å². The first kappa shape index (κ1) is 19.5. The average molecular weight is 394 g/mol. The summed E-state index contributed by atoms with van der Waals surface area (Å²) in [7, 11) is 0. The molecule has 1 fully saturated rings. The first-order valence-corrected chi connectivity index (χ1v) is 9.96. The van der Waals surface area contributed by atoms with E-state index in [9.17, 15) is 9.90 Å². The lowest BCUT2D eigenvalue weighted by Gasteiger charge is -2.41. The summed E-state index contributed by atoms with van der Waals surface area (Å²) in [5.74, 6) is 1.62. The molecule has 6 heteroatoms. The van der Waals surface area contributed by atoms with Crippen molar-refractivity contribution in [2.45, 2.75) is 25.9 Å². The van der Waals surface area contributed by atoms with Gasteiger partial charge in [-0.15, -0.1) is 0 Å². The topological polar surface area (TPSA) is 70.1 Å². The minimum Gasteiger partial charge on any atom is -0.472 e. The Morgan fingerprint density at radius 1 is 1.21 bits per heavy atom. The van der Waals surface area contributed by atoms with Crippen molar-refractivity contribution in [1.82, 2.24) is 9.80 Å². The lowest BCUT2D eigenvalue weighted by molar-refractivity contribution is 0.0394. The Morgan fingerprint density at radius 3 is 2.83 bits per heavy atom. The highest BCUT2D eigenvalue weighted by atomic mass is 16.3. The third kappa shape index (κ3) is 4.44. The molecule has 1 aliphatic heterocycles. The van der Waals surface area contributed by atoms with Crippen LogP contribution in [0.2, 0.25) is 0 Å². The Labute approximate surface area is 170 Å². The maximum atomic E-state index is 13.2. The Morgan fingerprint density at radius 2 is 2.10 bits per heavy atom. The van der Waals surface area contributed by atoms with E-state index in [1.807, 2.05) is 54.3 Å². The van der Waals surface area contributed by atoms with Crippen molar-refractivity contribution in [1.29, 1.82) is 0 Å². The monoisotopic (exact) mass is 394 g/mol. The molecule has 1 atom stereocenters. The number of rotatable bonds is 6. The highest BCUT2D eigenvalue weighted by Crippen LogP contribution is 2.24. The summed E-state index contributed by atoms with van der Waals surface area (Å²) in [6.07, 6.45) is 4.05. The third-order valence-electron chi connectivity index (χ3n) is 5.45. The molecule has 2 aromatic heterocycles. The number of piperazine rings is 1. The van der Waals surface area contributed by atoms with Crippen molar-refractivity contribution in [3.8, 4) is 11.3 Å². The molecule has 152 valence electrons. The van der Waals surface area contributed by atoms with Gasteiger partial charge in [-0.25, -0.2) is 0 Å². The predicted molar refractivity (Wildman–Crippen MR) is 109 cm³/mol. The van der Waals surface area contributed by atoms with Crippen molar-refractivity contribution in [3.63, 3.8) is 0 Å². The van der Waals surface area contributed by atoms with Gasteiger partial charge in [-0.1, -0.05) is 12.1 Å². The molecule has 1 aliphatic rings. The van der Waals surface area contributed by atoms with Crippen molar-refractivity contribution in [2.75, 3.05) is 26.2 Å². The van der Waals surface area contributed by atoms with Gasteiger partial charge in [0.2, 0.25) is 0 Å². The van der Waals surface area contributed by atoms with Crippen LogP contribution in [0.3, 0.4) is 0 Å². The van der Waals surface area contributed by atoms with Crippen LogP contribution in [0.5, 0.6) is 0 Å². The quantitative estimate of drug-likeness (QED) is 0.692. The van der Waals surface area contributed by atoms with E-state index in [4.69, 9.17) is 8.83 Å². The van der Waals surface area contributed by atoms with Crippen LogP contribution < -0.4 is 0 Å². The normalized spacial score (nSPS) is 17.6. The highest BCUT2D eigenvalue weighted by Gasteiger charge is 2.30. The fraction of sp³-hybridized carbons (Fsp3) is 0.348. The molecule has 0 bridgehead atoms. The van der Waals surface area contributed by atoms with E-state index < -0.39 is 0 Å². The number of hydrogen-bond acceptors (Lipinski definition) is 5. The summed E-state index contributed by atoms with van der Waals surface area (Å²) in [6.45, 7) is 4.78. The Kier molecular flexibility index (Phi) is 5.83. The lowest BCUT2D eigenvalue weighted by atomic mass is 10.0. The summed E-state index contributed by atoms with van der Waals surface area (Å²) in [5.41, 5.74) is 2.66. The summed E-state index contributed by atoms with van der Waals surface area (Å²) in [5, 5.41) is 9.51. The molecule has 1 N–H and O–H groups in total. The molecule has 6 nitrogen and oxygen atoms in total. The number of amides is 1. The summed E-state index contributed by atoms with van der Waals surface area (Å²) in [4.78, 5) is 17.4. The second-order valence-corrected chi connectivity index (χ2v) is 7.51. The fourth-order valence-electron chi connectivity index (χ4n) is 3.90. The molecule has 3 aromatic rings. The second kappa shape index (κ2) is 8.68. The minimum atomic E-state index is 0.0148. The molecular formula is C23H26N2O4. The van der Waals surface area contributed by atoms with Crippen LogP contribution >= 0.6 is 0 Å². The van der Waals surface area contributed by atoms with E-state index >= 15 is 0 Å². The second-order valence-electron chi connectivity index (χ2n) is 7.51. The van der Waals surface area contributed by atoms with Gasteiger partial charge >= 0.3 is 0 Å². The summed E-state index contributed by atoms with van der Waals surface area (Å²) in [6, 6.07) is 13.5. The molecule has 29 heavy (non-hydrogen) atoms. The molecule has 1 aromatic carbocycles. The van der Waals surface area contributed by atoms with Gasteiger partial charge in [0.25, 0.3) is 5.91 Å². The first-order chi connectivity index (χ1) is 14.1. The number of carbonyl (C=O) groups excluding carboxylic acids is 1. The number of hydrogen-bond donors (Lipinski definition) is 1. The molecule has 3 heterocycles. The van der Waals surface area contributed by atoms with Gasteiger partial charge in [-0.2, -0.15) is 0 Å². The maximum absolute atomic E-state index is 13.2. The van der Waals surface area contributed by atoms with Crippen LogP contribution in [-0.4, -0.2) is 53.1 Å². The van der Waals surface area contributed by atoms with Crippen LogP contribution in [0.4, 0.5) is 0 Å². The zero-order chi connectivity index (χ0) is 20.2. The molecule has 0 aliphatic carbocycles. The van der Waals surface area contributed by atoms with Gasteiger partial charge in [0, 0.05) is 55.5 Å². The van der Waals surface area contributed by atoms with Crippen LogP contribution in [-0.2, 0) is 6.54 Å². The summed E-state index contributed by atoms with van der Waals surface area (Å²) < 4.78 is 10.9. The van der Waals surface area contributed by atoms with Crippen molar-refractivity contribution in [3.05, 3.63) is 71.9 Å². The van der Waals surface area contributed by atoms with Crippen molar-refractivity contribution >= 4 is 5.91 Å². The van der Waals surface area contributed by atoms with Gasteiger partial charge in [0.1, 0.15) is 11.5 Å². The third-order valence-corrected chi connectivity index (χ3v) is 5.45. The number of nitrogens with zero attached hydrogens (tertiary/aromatic N) is 2. The van der Waals surface area contributed by atoms with Crippen molar-refractivity contribution < 1.29 is 18.7 Å². The number of benzene rings is 1. The molecule has 0 unspecified atom stereocenters. The Hall–Kier alpha value is -2.83. The molecule has 0 radical (unpaired) electrons. The maximum Gasteiger partial charge on any atom is 0.253 e. The largest absolute Gasteiger partial charge is 0.472 e. The zero-order valence-electron chi connectivity index (χ0n) is 16.6. The van der Waals surface area contributed by atoms with E-state index in [2.05, 4.69) is 4.90 Å². The fourth-order valence-corrected chi connectivity index (χ4v) is 3.90. The molecule has 0 spiro atoms. The zero-order valence-corrected chi connectivity index (χ0v) is 16.6. The molecule has 1 saturated heterocycles. The standard InChI is InChI=1S/C23H26N2O4/c1-17-5-6-22(29-17)19-3-2-4-20(13-19)23(27)25-10-9-24(21(15-25)7-11-26)14-18-8-12-28-16-18/h2-6,8,12-13,16,21,26H,7,9-11,14-15H2,1H3/t21-/m1/s1. The van der Waals surface area contributed by atoms with Crippen LogP contribution in [0.25, 0.3) is 11.3 Å². The number of aliphatic hydroxyl groups excluding tert-OH is 1. The van der Waals surface area contributed by atoms with Crippen molar-refractivity contribution in [2.24, 2.45) is 0 Å². The number of furan rings is 2. The predicted octanol–water partition coefficient (Wildman–Crippen LogP) is 3.56. The SMILES string of the molecule is Cc1ccc(-c2cccc(C(=O)N3CCN(Cc4ccoc4)[C@H](CCO)C3)c2)o1.